The van der Waals surface area contributed by atoms with Crippen molar-refractivity contribution in [3.05, 3.63) is 124 Å². The van der Waals surface area contributed by atoms with E-state index in [1.54, 1.807) is 60.7 Å². The Labute approximate surface area is 280 Å². The SMILES string of the molecule is CCCCNC(=O)[C@@H](Cc1ccccc1)N(Cc1ccc(Cl)cc1Cl)C(=O)CN(c1ccccc1OC)S(=O)(=O)c1ccccc1. The van der Waals surface area contributed by atoms with Gasteiger partial charge in [-0.3, -0.25) is 13.9 Å². The number of benzene rings is 4. The minimum atomic E-state index is -4.26. The Morgan fingerprint density at radius 1 is 0.891 bits per heavy atom. The normalized spacial score (nSPS) is 11.8. The molecule has 0 bridgehead atoms. The van der Waals surface area contributed by atoms with Gasteiger partial charge in [0.15, 0.2) is 0 Å². The molecule has 1 N–H and O–H groups in total. The zero-order valence-corrected chi connectivity index (χ0v) is 28.1. The lowest BCUT2D eigenvalue weighted by atomic mass is 10.0. The third-order valence-corrected chi connectivity index (χ3v) is 9.78. The van der Waals surface area contributed by atoms with Crippen LogP contribution in [0.4, 0.5) is 5.69 Å². The monoisotopic (exact) mass is 681 g/mol. The molecule has 0 aromatic heterocycles. The fraction of sp³-hybridized carbons (Fsp3) is 0.257. The van der Waals surface area contributed by atoms with Crippen molar-refractivity contribution < 1.29 is 22.7 Å². The second-order valence-corrected chi connectivity index (χ2v) is 13.3. The molecule has 2 amide bonds. The lowest BCUT2D eigenvalue weighted by Crippen LogP contribution is -2.53. The Morgan fingerprint density at radius 3 is 2.20 bits per heavy atom. The van der Waals surface area contributed by atoms with Crippen LogP contribution in [0.5, 0.6) is 5.75 Å². The highest BCUT2D eigenvalue weighted by molar-refractivity contribution is 7.92. The topological polar surface area (TPSA) is 96.0 Å². The first-order chi connectivity index (χ1) is 22.1. The van der Waals surface area contributed by atoms with Crippen molar-refractivity contribution in [3.63, 3.8) is 0 Å². The largest absolute Gasteiger partial charge is 0.495 e. The number of halogens is 2. The van der Waals surface area contributed by atoms with Crippen molar-refractivity contribution in [2.24, 2.45) is 0 Å². The maximum atomic E-state index is 14.6. The summed E-state index contributed by atoms with van der Waals surface area (Å²) in [7, 11) is -2.83. The lowest BCUT2D eigenvalue weighted by Gasteiger charge is -2.34. The summed E-state index contributed by atoms with van der Waals surface area (Å²) in [6.07, 6.45) is 1.82. The number of rotatable bonds is 15. The summed E-state index contributed by atoms with van der Waals surface area (Å²) in [6, 6.07) is 27.7. The standard InChI is InChI=1S/C35H37Cl2N3O5S/c1-3-4-21-38-35(42)32(22-26-13-7-5-8-14-26)39(24-27-19-20-28(36)23-30(27)37)34(41)25-40(31-17-11-12-18-33(31)45-2)46(43,44)29-15-9-6-10-16-29/h5-20,23,32H,3-4,21-22,24-25H2,1-2H3,(H,38,42)/t32-/m1/s1. The smallest absolute Gasteiger partial charge is 0.264 e. The van der Waals surface area contributed by atoms with E-state index < -0.39 is 28.5 Å². The van der Waals surface area contributed by atoms with Crippen LogP contribution in [0.1, 0.15) is 30.9 Å². The van der Waals surface area contributed by atoms with Gasteiger partial charge in [0, 0.05) is 29.6 Å². The van der Waals surface area contributed by atoms with Crippen LogP contribution < -0.4 is 14.4 Å². The highest BCUT2D eigenvalue weighted by Gasteiger charge is 2.35. The van der Waals surface area contributed by atoms with E-state index in [1.165, 1.54) is 24.1 Å². The number of carbonyl (C=O) groups excluding carboxylic acids is 2. The average molecular weight is 683 g/mol. The first-order valence-electron chi connectivity index (χ1n) is 14.9. The average Bonchev–Trinajstić information content (AvgIpc) is 3.06. The summed E-state index contributed by atoms with van der Waals surface area (Å²) in [6.45, 7) is 1.76. The van der Waals surface area contributed by atoms with Crippen LogP contribution in [0.3, 0.4) is 0 Å². The molecule has 1 atom stereocenters. The number of hydrogen-bond donors (Lipinski definition) is 1. The van der Waals surface area contributed by atoms with Gasteiger partial charge in [-0.05, 0) is 53.9 Å². The summed E-state index contributed by atoms with van der Waals surface area (Å²) >= 11 is 12.7. The predicted molar refractivity (Wildman–Crippen MR) is 183 cm³/mol. The molecule has 0 aliphatic carbocycles. The molecule has 0 fully saturated rings. The number of nitrogens with one attached hydrogen (secondary N) is 1. The first kappa shape index (κ1) is 34.8. The van der Waals surface area contributed by atoms with E-state index in [9.17, 15) is 18.0 Å². The summed E-state index contributed by atoms with van der Waals surface area (Å²) in [5, 5.41) is 3.70. The third-order valence-electron chi connectivity index (χ3n) is 7.42. The maximum Gasteiger partial charge on any atom is 0.264 e. The number of hydrogen-bond acceptors (Lipinski definition) is 5. The molecular weight excluding hydrogens is 645 g/mol. The van der Waals surface area contributed by atoms with Gasteiger partial charge in [0.05, 0.1) is 17.7 Å². The van der Waals surface area contributed by atoms with Gasteiger partial charge in [-0.25, -0.2) is 8.42 Å². The fourth-order valence-electron chi connectivity index (χ4n) is 4.96. The molecule has 46 heavy (non-hydrogen) atoms. The van der Waals surface area contributed by atoms with Gasteiger partial charge in [-0.1, -0.05) is 103 Å². The Balaban J connectivity index is 1.83. The predicted octanol–water partition coefficient (Wildman–Crippen LogP) is 6.75. The number of anilines is 1. The molecule has 0 saturated heterocycles. The van der Waals surface area contributed by atoms with Gasteiger partial charge in [0.2, 0.25) is 11.8 Å². The number of para-hydroxylation sites is 2. The van der Waals surface area contributed by atoms with Crippen molar-refractivity contribution in [3.8, 4) is 5.75 Å². The van der Waals surface area contributed by atoms with Gasteiger partial charge < -0.3 is 15.0 Å². The molecule has 4 aromatic rings. The second-order valence-electron chi connectivity index (χ2n) is 10.6. The summed E-state index contributed by atoms with van der Waals surface area (Å²) in [5.74, 6) is -0.700. The summed E-state index contributed by atoms with van der Waals surface area (Å²) in [4.78, 5) is 29.8. The van der Waals surface area contributed by atoms with Gasteiger partial charge in [0.25, 0.3) is 10.0 Å². The van der Waals surface area contributed by atoms with Crippen LogP contribution in [0.2, 0.25) is 10.0 Å². The van der Waals surface area contributed by atoms with Gasteiger partial charge in [-0.2, -0.15) is 0 Å². The van der Waals surface area contributed by atoms with Crippen LogP contribution in [0.25, 0.3) is 0 Å². The molecule has 0 unspecified atom stereocenters. The molecule has 8 nitrogen and oxygen atoms in total. The summed E-state index contributed by atoms with van der Waals surface area (Å²) in [5.41, 5.74) is 1.56. The number of sulfonamides is 1. The van der Waals surface area contributed by atoms with Gasteiger partial charge >= 0.3 is 0 Å². The lowest BCUT2D eigenvalue weighted by molar-refractivity contribution is -0.140. The minimum Gasteiger partial charge on any atom is -0.495 e. The van der Waals surface area contributed by atoms with Crippen molar-refractivity contribution in [2.45, 2.75) is 43.7 Å². The fourth-order valence-corrected chi connectivity index (χ4v) is 6.88. The molecule has 0 aliphatic rings. The van der Waals surface area contributed by atoms with E-state index in [1.807, 2.05) is 37.3 Å². The Bertz CT molecular complexity index is 1720. The number of amides is 2. The first-order valence-corrected chi connectivity index (χ1v) is 17.1. The van der Waals surface area contributed by atoms with Crippen molar-refractivity contribution in [1.29, 1.82) is 0 Å². The highest BCUT2D eigenvalue weighted by atomic mass is 35.5. The van der Waals surface area contributed by atoms with Crippen molar-refractivity contribution >= 4 is 50.7 Å². The van der Waals surface area contributed by atoms with Gasteiger partial charge in [0.1, 0.15) is 18.3 Å². The van der Waals surface area contributed by atoms with Crippen LogP contribution in [0.15, 0.2) is 108 Å². The highest BCUT2D eigenvalue weighted by Crippen LogP contribution is 2.33. The van der Waals surface area contributed by atoms with E-state index in [0.717, 1.165) is 22.7 Å². The molecule has 0 aliphatic heterocycles. The molecule has 0 spiro atoms. The van der Waals surface area contributed by atoms with E-state index in [2.05, 4.69) is 5.32 Å². The van der Waals surface area contributed by atoms with Crippen LogP contribution in [-0.2, 0) is 32.6 Å². The molecular formula is C35H37Cl2N3O5S. The van der Waals surface area contributed by atoms with Crippen LogP contribution in [0, 0.1) is 0 Å². The summed E-state index contributed by atoms with van der Waals surface area (Å²) < 4.78 is 34.9. The number of unbranched alkanes of at least 4 members (excludes halogenated alkanes) is 1. The zero-order chi connectivity index (χ0) is 33.1. The quantitative estimate of drug-likeness (QED) is 0.140. The van der Waals surface area contributed by atoms with Crippen LogP contribution in [-0.4, -0.2) is 51.4 Å². The Kier molecular flexibility index (Phi) is 12.5. The Hall–Kier alpha value is -4.05. The van der Waals surface area contributed by atoms with E-state index >= 15 is 0 Å². The van der Waals surface area contributed by atoms with Crippen molar-refractivity contribution in [1.82, 2.24) is 10.2 Å². The third kappa shape index (κ3) is 8.81. The molecule has 0 heterocycles. The molecule has 242 valence electrons. The number of carbonyl (C=O) groups is 2. The van der Waals surface area contributed by atoms with Crippen molar-refractivity contribution in [2.75, 3.05) is 24.5 Å². The molecule has 11 heteroatoms. The van der Waals surface area contributed by atoms with E-state index in [0.29, 0.717) is 22.2 Å². The molecule has 0 radical (unpaired) electrons. The molecule has 0 saturated carbocycles. The van der Waals surface area contributed by atoms with E-state index in [-0.39, 0.29) is 35.2 Å². The molecule has 4 aromatic carbocycles. The zero-order valence-electron chi connectivity index (χ0n) is 25.7. The Morgan fingerprint density at radius 2 is 1.54 bits per heavy atom. The number of nitrogens with zero attached hydrogens (tertiary/aromatic N) is 2. The van der Waals surface area contributed by atoms with Gasteiger partial charge in [-0.15, -0.1) is 0 Å². The molecule has 4 rings (SSSR count). The van der Waals surface area contributed by atoms with E-state index in [4.69, 9.17) is 27.9 Å². The maximum absolute atomic E-state index is 14.6. The minimum absolute atomic E-state index is 0.000791. The number of ether oxygens (including phenoxy) is 1. The van der Waals surface area contributed by atoms with Crippen LogP contribution >= 0.6 is 23.2 Å². The second kappa shape index (κ2) is 16.5. The number of methoxy groups -OCH3 is 1.